The molecule has 0 saturated heterocycles. The number of halogens is 4. The van der Waals surface area contributed by atoms with Crippen LogP contribution in [0.4, 0.5) is 0 Å². The highest BCUT2D eigenvalue weighted by Crippen LogP contribution is 2.25. The van der Waals surface area contributed by atoms with Gasteiger partial charge in [-0.1, -0.05) is 34.8 Å². The van der Waals surface area contributed by atoms with E-state index in [1.807, 2.05) is 4.34 Å². The second kappa shape index (κ2) is 3.11. The SMILES string of the molecule is O=C(NBr)C(Cl)(Cl)Cl. The van der Waals surface area contributed by atoms with Crippen LogP contribution in [0, 0.1) is 0 Å². The maximum Gasteiger partial charge on any atom is 0.281 e. The molecule has 0 atom stereocenters. The third-order valence-corrected chi connectivity index (χ3v) is 1.22. The minimum Gasteiger partial charge on any atom is -0.289 e. The van der Waals surface area contributed by atoms with E-state index < -0.39 is 9.70 Å². The number of carbonyl (C=O) groups excluding carboxylic acids is 1. The molecule has 0 rings (SSSR count). The predicted molar refractivity (Wildman–Crippen MR) is 37.4 cm³/mol. The first-order valence-corrected chi connectivity index (χ1v) is 3.39. The number of alkyl halides is 3. The van der Waals surface area contributed by atoms with Gasteiger partial charge in [0, 0.05) is 16.1 Å². The van der Waals surface area contributed by atoms with Gasteiger partial charge in [0.05, 0.1) is 0 Å². The van der Waals surface area contributed by atoms with Crippen molar-refractivity contribution >= 4 is 56.9 Å². The second-order valence-corrected chi connectivity index (χ2v) is 3.60. The van der Waals surface area contributed by atoms with Crippen LogP contribution in [-0.4, -0.2) is 9.70 Å². The summed E-state index contributed by atoms with van der Waals surface area (Å²) in [5, 5.41) is 0. The number of nitrogens with one attached hydrogen (secondary N) is 1. The second-order valence-electron chi connectivity index (χ2n) is 0.921. The summed E-state index contributed by atoms with van der Waals surface area (Å²) in [6.07, 6.45) is 0. The van der Waals surface area contributed by atoms with E-state index in [1.54, 1.807) is 0 Å². The Morgan fingerprint density at radius 1 is 1.50 bits per heavy atom. The van der Waals surface area contributed by atoms with Crippen LogP contribution in [0.5, 0.6) is 0 Å². The van der Waals surface area contributed by atoms with Crippen LogP contribution in [-0.2, 0) is 4.79 Å². The summed E-state index contributed by atoms with van der Waals surface area (Å²) < 4.78 is 0.111. The monoisotopic (exact) mass is 239 g/mol. The first-order chi connectivity index (χ1) is 3.48. The lowest BCUT2D eigenvalue weighted by Crippen LogP contribution is -2.27. The van der Waals surface area contributed by atoms with Crippen LogP contribution >= 0.6 is 51.0 Å². The fourth-order valence-corrected chi connectivity index (χ4v) is 0.835. The summed E-state index contributed by atoms with van der Waals surface area (Å²) in [6, 6.07) is 0. The molecule has 1 N–H and O–H groups in total. The number of hydrogen-bond acceptors (Lipinski definition) is 1. The van der Waals surface area contributed by atoms with E-state index in [2.05, 4.69) is 16.1 Å². The molecule has 0 fully saturated rings. The molecule has 0 heterocycles. The molecule has 1 amide bonds. The summed E-state index contributed by atoms with van der Waals surface area (Å²) in [5.74, 6) is -0.706. The molecule has 0 saturated carbocycles. The molecule has 0 unspecified atom stereocenters. The maximum atomic E-state index is 10.3. The molecule has 48 valence electrons. The summed E-state index contributed by atoms with van der Waals surface area (Å²) in [5.41, 5.74) is 0. The van der Waals surface area contributed by atoms with Crippen LogP contribution in [0.2, 0.25) is 0 Å². The van der Waals surface area contributed by atoms with Gasteiger partial charge in [0.15, 0.2) is 0 Å². The predicted octanol–water partition coefficient (Wildman–Crippen LogP) is 1.78. The molecular weight excluding hydrogens is 240 g/mol. The van der Waals surface area contributed by atoms with E-state index >= 15 is 0 Å². The molecule has 0 radical (unpaired) electrons. The average molecular weight is 241 g/mol. The Balaban J connectivity index is 3.82. The molecule has 8 heavy (non-hydrogen) atoms. The highest BCUT2D eigenvalue weighted by Gasteiger charge is 2.29. The topological polar surface area (TPSA) is 29.1 Å². The van der Waals surface area contributed by atoms with Gasteiger partial charge in [-0.25, -0.2) is 0 Å². The van der Waals surface area contributed by atoms with E-state index in [0.717, 1.165) is 0 Å². The molecular formula is C2HBrCl3NO. The smallest absolute Gasteiger partial charge is 0.281 e. The van der Waals surface area contributed by atoms with Crippen LogP contribution in [0.15, 0.2) is 0 Å². The maximum absolute atomic E-state index is 10.3. The first-order valence-electron chi connectivity index (χ1n) is 1.46. The molecule has 0 aromatic heterocycles. The Hall–Kier alpha value is 0.820. The Kier molecular flexibility index (Phi) is 3.43. The average Bonchev–Trinajstić information content (AvgIpc) is 1.62. The summed E-state index contributed by atoms with van der Waals surface area (Å²) in [4.78, 5) is 10.3. The van der Waals surface area contributed by atoms with Gasteiger partial charge in [-0.05, 0) is 0 Å². The van der Waals surface area contributed by atoms with Gasteiger partial charge in [0.1, 0.15) is 0 Å². The van der Waals surface area contributed by atoms with Gasteiger partial charge in [-0.2, -0.15) is 0 Å². The van der Waals surface area contributed by atoms with Crippen molar-refractivity contribution in [3.63, 3.8) is 0 Å². The molecule has 2 nitrogen and oxygen atoms in total. The van der Waals surface area contributed by atoms with Gasteiger partial charge < -0.3 is 0 Å². The van der Waals surface area contributed by atoms with Crippen molar-refractivity contribution in [3.05, 3.63) is 0 Å². The van der Waals surface area contributed by atoms with Crippen molar-refractivity contribution in [3.8, 4) is 0 Å². The van der Waals surface area contributed by atoms with Gasteiger partial charge >= 0.3 is 0 Å². The molecule has 6 heteroatoms. The lowest BCUT2D eigenvalue weighted by Gasteiger charge is -2.04. The molecule has 0 bridgehead atoms. The lowest BCUT2D eigenvalue weighted by molar-refractivity contribution is -0.118. The van der Waals surface area contributed by atoms with Crippen LogP contribution in [0.1, 0.15) is 0 Å². The van der Waals surface area contributed by atoms with E-state index in [1.165, 1.54) is 0 Å². The highest BCUT2D eigenvalue weighted by atomic mass is 79.9. The Morgan fingerprint density at radius 3 is 1.88 bits per heavy atom. The number of rotatable bonds is 0. The van der Waals surface area contributed by atoms with E-state index in [9.17, 15) is 4.79 Å². The molecule has 0 aliphatic carbocycles. The van der Waals surface area contributed by atoms with Crippen molar-refractivity contribution < 1.29 is 4.79 Å². The minimum absolute atomic E-state index is 0.706. The lowest BCUT2D eigenvalue weighted by atomic mass is 10.7. The van der Waals surface area contributed by atoms with E-state index in [-0.39, 0.29) is 0 Å². The minimum atomic E-state index is -1.87. The zero-order valence-electron chi connectivity index (χ0n) is 3.42. The van der Waals surface area contributed by atoms with Crippen molar-refractivity contribution in [2.75, 3.05) is 0 Å². The third-order valence-electron chi connectivity index (χ3n) is 0.343. The molecule has 0 aliphatic heterocycles. The number of carbonyl (C=O) groups is 1. The fourth-order valence-electron chi connectivity index (χ4n) is 0.0536. The Labute approximate surface area is 69.8 Å². The van der Waals surface area contributed by atoms with Crippen molar-refractivity contribution in [1.29, 1.82) is 0 Å². The van der Waals surface area contributed by atoms with E-state index in [4.69, 9.17) is 34.8 Å². The summed E-state index contributed by atoms with van der Waals surface area (Å²) in [6.45, 7) is 0. The van der Waals surface area contributed by atoms with E-state index in [0.29, 0.717) is 0 Å². The summed E-state index contributed by atoms with van der Waals surface area (Å²) in [7, 11) is 0. The van der Waals surface area contributed by atoms with Gasteiger partial charge in [-0.3, -0.25) is 9.14 Å². The van der Waals surface area contributed by atoms with Gasteiger partial charge in [0.25, 0.3) is 9.70 Å². The van der Waals surface area contributed by atoms with Crippen molar-refractivity contribution in [2.24, 2.45) is 0 Å². The molecule has 0 spiro atoms. The normalized spacial score (nSPS) is 11.0. The van der Waals surface area contributed by atoms with Gasteiger partial charge in [0.2, 0.25) is 0 Å². The largest absolute Gasteiger partial charge is 0.289 e. The quantitative estimate of drug-likeness (QED) is 0.508. The summed E-state index contributed by atoms with van der Waals surface area (Å²) >= 11 is 17.8. The number of hydrogen-bond donors (Lipinski definition) is 1. The van der Waals surface area contributed by atoms with Crippen LogP contribution in [0.3, 0.4) is 0 Å². The Morgan fingerprint density at radius 2 is 1.88 bits per heavy atom. The molecule has 0 aromatic rings. The van der Waals surface area contributed by atoms with Gasteiger partial charge in [-0.15, -0.1) is 0 Å². The zero-order valence-corrected chi connectivity index (χ0v) is 7.27. The first kappa shape index (κ1) is 8.82. The zero-order chi connectivity index (χ0) is 6.78. The van der Waals surface area contributed by atoms with Crippen LogP contribution in [0.25, 0.3) is 0 Å². The third kappa shape index (κ3) is 2.97. The molecule has 0 aromatic carbocycles. The molecule has 0 aliphatic rings. The standard InChI is InChI=1S/C2HBrCl3NO/c3-7-1(8)2(4,5)6/h(H,7,8). The van der Waals surface area contributed by atoms with Crippen molar-refractivity contribution in [2.45, 2.75) is 3.79 Å². The fraction of sp³-hybridized carbons (Fsp3) is 0.500. The highest BCUT2D eigenvalue weighted by molar-refractivity contribution is 9.08. The van der Waals surface area contributed by atoms with Crippen LogP contribution < -0.4 is 4.34 Å². The Bertz CT molecular complexity index is 99.9. The van der Waals surface area contributed by atoms with Crippen molar-refractivity contribution in [1.82, 2.24) is 4.34 Å². The number of amides is 1.